The molecule has 1 unspecified atom stereocenters. The molecule has 1 aromatic heterocycles. The molecule has 1 fully saturated rings. The predicted molar refractivity (Wildman–Crippen MR) is 82.6 cm³/mol. The van der Waals surface area contributed by atoms with Gasteiger partial charge in [-0.25, -0.2) is 0 Å². The number of rotatable bonds is 5. The van der Waals surface area contributed by atoms with Crippen LogP contribution in [-0.4, -0.2) is 38.8 Å². The van der Waals surface area contributed by atoms with E-state index in [1.807, 2.05) is 11.6 Å². The number of piperidine rings is 1. The monoisotopic (exact) mass is 285 g/mol. The van der Waals surface area contributed by atoms with Crippen molar-refractivity contribution >= 4 is 0 Å². The first kappa shape index (κ1) is 14.2. The zero-order valence-corrected chi connectivity index (χ0v) is 12.6. The van der Waals surface area contributed by atoms with E-state index in [4.69, 9.17) is 0 Å². The summed E-state index contributed by atoms with van der Waals surface area (Å²) >= 11 is 0. The smallest absolute Gasteiger partial charge is 0.146 e. The Balaban J connectivity index is 1.50. The number of aromatic nitrogens is 3. The van der Waals surface area contributed by atoms with Crippen molar-refractivity contribution in [3.63, 3.8) is 0 Å². The second kappa shape index (κ2) is 6.83. The highest BCUT2D eigenvalue weighted by Gasteiger charge is 2.19. The van der Waals surface area contributed by atoms with E-state index in [1.165, 1.54) is 24.9 Å². The predicted octanol–water partition coefficient (Wildman–Crippen LogP) is 1.57. The fourth-order valence-corrected chi connectivity index (χ4v) is 2.91. The molecule has 0 spiro atoms. The molecule has 5 heteroatoms. The lowest BCUT2D eigenvalue weighted by molar-refractivity contribution is 0.182. The lowest BCUT2D eigenvalue weighted by Gasteiger charge is -2.33. The van der Waals surface area contributed by atoms with Crippen LogP contribution in [0.2, 0.25) is 0 Å². The summed E-state index contributed by atoms with van der Waals surface area (Å²) in [7, 11) is 1.99. The number of nitrogens with zero attached hydrogens (tertiary/aromatic N) is 4. The van der Waals surface area contributed by atoms with Crippen molar-refractivity contribution in [2.24, 2.45) is 7.05 Å². The first-order valence-electron chi connectivity index (χ1n) is 7.64. The summed E-state index contributed by atoms with van der Waals surface area (Å²) in [6.07, 6.45) is 4.24. The molecule has 0 radical (unpaired) electrons. The molecule has 0 aliphatic carbocycles. The maximum atomic E-state index is 4.12. The normalized spacial score (nSPS) is 19.8. The minimum atomic E-state index is 0.541. The molecule has 21 heavy (non-hydrogen) atoms. The van der Waals surface area contributed by atoms with E-state index in [9.17, 15) is 0 Å². The average Bonchev–Trinajstić information content (AvgIpc) is 2.92. The van der Waals surface area contributed by atoms with Gasteiger partial charge in [0.05, 0.1) is 6.54 Å². The number of aryl methyl sites for hydroxylation is 1. The lowest BCUT2D eigenvalue weighted by Crippen LogP contribution is -2.45. The van der Waals surface area contributed by atoms with Crippen LogP contribution in [0.5, 0.6) is 0 Å². The van der Waals surface area contributed by atoms with E-state index in [1.54, 1.807) is 6.33 Å². The van der Waals surface area contributed by atoms with Crippen molar-refractivity contribution < 1.29 is 0 Å². The lowest BCUT2D eigenvalue weighted by atomic mass is 10.0. The Morgan fingerprint density at radius 2 is 2.14 bits per heavy atom. The van der Waals surface area contributed by atoms with Crippen LogP contribution >= 0.6 is 0 Å². The molecular formula is C16H23N5. The van der Waals surface area contributed by atoms with Gasteiger partial charge in [-0.2, -0.15) is 0 Å². The molecule has 5 nitrogen and oxygen atoms in total. The quantitative estimate of drug-likeness (QED) is 0.906. The number of likely N-dealkylation sites (tertiary alicyclic amines) is 1. The first-order chi connectivity index (χ1) is 10.3. The summed E-state index contributed by atoms with van der Waals surface area (Å²) in [4.78, 5) is 2.53. The van der Waals surface area contributed by atoms with Gasteiger partial charge in [-0.05, 0) is 24.9 Å². The molecule has 1 saturated heterocycles. The van der Waals surface area contributed by atoms with Crippen molar-refractivity contribution in [3.05, 3.63) is 48.0 Å². The van der Waals surface area contributed by atoms with Crippen LogP contribution in [0.4, 0.5) is 0 Å². The number of hydrogen-bond donors (Lipinski definition) is 1. The molecular weight excluding hydrogens is 262 g/mol. The molecule has 1 aliphatic rings. The molecule has 1 aliphatic heterocycles. The van der Waals surface area contributed by atoms with E-state index in [-0.39, 0.29) is 0 Å². The third-order valence-electron chi connectivity index (χ3n) is 4.11. The Labute approximate surface area is 126 Å². The van der Waals surface area contributed by atoms with Gasteiger partial charge in [0.25, 0.3) is 0 Å². The molecule has 0 amide bonds. The van der Waals surface area contributed by atoms with Gasteiger partial charge in [0.2, 0.25) is 0 Å². The van der Waals surface area contributed by atoms with Crippen LogP contribution in [0, 0.1) is 0 Å². The second-order valence-corrected chi connectivity index (χ2v) is 5.80. The Kier molecular flexibility index (Phi) is 4.62. The molecule has 1 N–H and O–H groups in total. The van der Waals surface area contributed by atoms with Crippen molar-refractivity contribution in [1.82, 2.24) is 25.0 Å². The highest BCUT2D eigenvalue weighted by atomic mass is 15.3. The fraction of sp³-hybridized carbons (Fsp3) is 0.500. The summed E-state index contributed by atoms with van der Waals surface area (Å²) < 4.78 is 1.97. The van der Waals surface area contributed by atoms with Gasteiger partial charge < -0.3 is 9.88 Å². The highest BCUT2D eigenvalue weighted by Crippen LogP contribution is 2.14. The second-order valence-electron chi connectivity index (χ2n) is 5.80. The van der Waals surface area contributed by atoms with Crippen LogP contribution in [0.15, 0.2) is 36.7 Å². The van der Waals surface area contributed by atoms with E-state index in [0.717, 1.165) is 25.5 Å². The van der Waals surface area contributed by atoms with Gasteiger partial charge in [0.1, 0.15) is 12.2 Å². The van der Waals surface area contributed by atoms with Crippen LogP contribution in [0.3, 0.4) is 0 Å². The van der Waals surface area contributed by atoms with E-state index < -0.39 is 0 Å². The maximum Gasteiger partial charge on any atom is 0.146 e. The summed E-state index contributed by atoms with van der Waals surface area (Å²) in [6, 6.07) is 11.3. The topological polar surface area (TPSA) is 46.0 Å². The van der Waals surface area contributed by atoms with Gasteiger partial charge in [-0.3, -0.25) is 4.90 Å². The Morgan fingerprint density at radius 3 is 2.90 bits per heavy atom. The Hall–Kier alpha value is -1.72. The van der Waals surface area contributed by atoms with Gasteiger partial charge in [0.15, 0.2) is 0 Å². The fourth-order valence-electron chi connectivity index (χ4n) is 2.91. The van der Waals surface area contributed by atoms with Gasteiger partial charge in [-0.1, -0.05) is 30.3 Å². The van der Waals surface area contributed by atoms with Gasteiger partial charge in [-0.15, -0.1) is 10.2 Å². The standard InChI is InChI=1S/C16H23N5/c1-20-13-18-19-16(20)10-17-15-8-5-9-21(12-15)11-14-6-3-2-4-7-14/h2-4,6-7,13,15,17H,5,8-12H2,1H3. The van der Waals surface area contributed by atoms with E-state index >= 15 is 0 Å². The zero-order chi connectivity index (χ0) is 14.5. The number of hydrogen-bond acceptors (Lipinski definition) is 4. The van der Waals surface area contributed by atoms with Crippen LogP contribution in [0.25, 0.3) is 0 Å². The van der Waals surface area contributed by atoms with E-state index in [2.05, 4.69) is 50.7 Å². The van der Waals surface area contributed by atoms with Crippen molar-refractivity contribution in [2.75, 3.05) is 13.1 Å². The van der Waals surface area contributed by atoms with Crippen molar-refractivity contribution in [3.8, 4) is 0 Å². The molecule has 112 valence electrons. The van der Waals surface area contributed by atoms with Gasteiger partial charge >= 0.3 is 0 Å². The minimum absolute atomic E-state index is 0.541. The largest absolute Gasteiger partial charge is 0.320 e. The molecule has 1 atom stereocenters. The third kappa shape index (κ3) is 3.89. The van der Waals surface area contributed by atoms with Crippen LogP contribution < -0.4 is 5.32 Å². The van der Waals surface area contributed by atoms with Crippen LogP contribution in [0.1, 0.15) is 24.2 Å². The average molecular weight is 285 g/mol. The summed E-state index contributed by atoms with van der Waals surface area (Å²) in [6.45, 7) is 4.13. The maximum absolute atomic E-state index is 4.12. The molecule has 0 bridgehead atoms. The molecule has 1 aromatic carbocycles. The van der Waals surface area contributed by atoms with Crippen LogP contribution in [-0.2, 0) is 20.1 Å². The molecule has 0 saturated carbocycles. The molecule has 3 rings (SSSR count). The summed E-state index contributed by atoms with van der Waals surface area (Å²) in [5, 5.41) is 11.7. The van der Waals surface area contributed by atoms with Crippen molar-refractivity contribution in [2.45, 2.75) is 32.0 Å². The van der Waals surface area contributed by atoms with Gasteiger partial charge in [0, 0.05) is 26.2 Å². The van der Waals surface area contributed by atoms with E-state index in [0.29, 0.717) is 6.04 Å². The molecule has 2 heterocycles. The highest BCUT2D eigenvalue weighted by molar-refractivity contribution is 5.14. The number of nitrogens with one attached hydrogen (secondary N) is 1. The Bertz CT molecular complexity index is 551. The zero-order valence-electron chi connectivity index (χ0n) is 12.6. The van der Waals surface area contributed by atoms with Crippen molar-refractivity contribution in [1.29, 1.82) is 0 Å². The minimum Gasteiger partial charge on any atom is -0.320 e. The summed E-state index contributed by atoms with van der Waals surface area (Å²) in [5.74, 6) is 0.996. The summed E-state index contributed by atoms with van der Waals surface area (Å²) in [5.41, 5.74) is 1.39. The number of benzene rings is 1. The Morgan fingerprint density at radius 1 is 1.29 bits per heavy atom. The third-order valence-corrected chi connectivity index (χ3v) is 4.11. The first-order valence-corrected chi connectivity index (χ1v) is 7.64. The SMILES string of the molecule is Cn1cnnc1CNC1CCCN(Cc2ccccc2)C1. The molecule has 2 aromatic rings.